The van der Waals surface area contributed by atoms with Crippen LogP contribution in [0.1, 0.15) is 18.1 Å². The van der Waals surface area contributed by atoms with Crippen LogP contribution >= 0.6 is 0 Å². The van der Waals surface area contributed by atoms with Crippen LogP contribution in [-0.4, -0.2) is 33.2 Å². The molecule has 0 aromatic heterocycles. The molecule has 0 aliphatic carbocycles. The molecule has 1 unspecified atom stereocenters. The van der Waals surface area contributed by atoms with Crippen LogP contribution in [-0.2, 0) is 11.3 Å². The first-order valence-corrected chi connectivity index (χ1v) is 8.60. The van der Waals surface area contributed by atoms with Crippen LogP contribution in [0.4, 0.5) is 10.1 Å². The molecule has 0 spiro atoms. The molecule has 2 rings (SSSR count). The average Bonchev–Trinajstić information content (AvgIpc) is 2.59. The fourth-order valence-corrected chi connectivity index (χ4v) is 2.66. The number of likely N-dealkylation sites (N-methyl/N-ethyl adjacent to an activating group) is 1. The van der Waals surface area contributed by atoms with Crippen LogP contribution in [0.2, 0.25) is 0 Å². The first-order chi connectivity index (χ1) is 12.4. The van der Waals surface area contributed by atoms with E-state index < -0.39 is 0 Å². The van der Waals surface area contributed by atoms with Gasteiger partial charge >= 0.3 is 0 Å². The predicted molar refractivity (Wildman–Crippen MR) is 99.4 cm³/mol. The monoisotopic (exact) mass is 361 g/mol. The number of benzene rings is 2. The van der Waals surface area contributed by atoms with Crippen molar-refractivity contribution in [2.75, 3.05) is 32.6 Å². The average molecular weight is 361 g/mol. The van der Waals surface area contributed by atoms with Crippen molar-refractivity contribution in [2.24, 2.45) is 0 Å². The molecule has 2 aromatic carbocycles. The summed E-state index contributed by atoms with van der Waals surface area (Å²) >= 11 is 0. The van der Waals surface area contributed by atoms with Crippen LogP contribution in [0, 0.1) is 12.7 Å². The molecule has 0 saturated carbocycles. The Morgan fingerprint density at radius 1 is 1.19 bits per heavy atom. The molecule has 2 N–H and O–H groups in total. The van der Waals surface area contributed by atoms with Gasteiger partial charge in [0.2, 0.25) is 0 Å². The topological polar surface area (TPSA) is 52.0 Å². The summed E-state index contributed by atoms with van der Waals surface area (Å²) in [5, 5.41) is 2.73. The Labute approximate surface area is 153 Å². The number of halogens is 1. The third kappa shape index (κ3) is 5.46. The standard InChI is InChI=1S/C20H25FN2O3/c1-5-26-18-9-7-15(10-19(18)25-4)12-23(3)13-20(24)22-16-8-6-14(2)17(21)11-16/h6-11H,5,12-13H2,1-4H3,(H,22,24)/p+1. The maximum Gasteiger partial charge on any atom is 0.279 e. The van der Waals surface area contributed by atoms with Crippen LogP contribution < -0.4 is 19.7 Å². The van der Waals surface area contributed by atoms with Gasteiger partial charge < -0.3 is 19.7 Å². The van der Waals surface area contributed by atoms with Crippen molar-refractivity contribution in [3.8, 4) is 11.5 Å². The molecule has 1 atom stereocenters. The lowest BCUT2D eigenvalue weighted by atomic mass is 10.2. The van der Waals surface area contributed by atoms with Gasteiger partial charge in [0, 0.05) is 11.3 Å². The second-order valence-corrected chi connectivity index (χ2v) is 6.24. The molecule has 6 heteroatoms. The molecule has 0 saturated heterocycles. The molecule has 2 aromatic rings. The molecule has 0 fully saturated rings. The zero-order valence-electron chi connectivity index (χ0n) is 15.7. The van der Waals surface area contributed by atoms with Gasteiger partial charge in [-0.25, -0.2) is 4.39 Å². The number of carbonyl (C=O) groups is 1. The highest BCUT2D eigenvalue weighted by molar-refractivity contribution is 5.91. The van der Waals surface area contributed by atoms with Crippen LogP contribution in [0.25, 0.3) is 0 Å². The first-order valence-electron chi connectivity index (χ1n) is 8.60. The fraction of sp³-hybridized carbons (Fsp3) is 0.350. The van der Waals surface area contributed by atoms with Gasteiger partial charge in [0.25, 0.3) is 5.91 Å². The molecular weight excluding hydrogens is 335 g/mol. The lowest BCUT2D eigenvalue weighted by molar-refractivity contribution is -0.885. The Morgan fingerprint density at radius 2 is 1.96 bits per heavy atom. The lowest BCUT2D eigenvalue weighted by Gasteiger charge is -2.16. The Hall–Kier alpha value is -2.60. The van der Waals surface area contributed by atoms with E-state index in [2.05, 4.69) is 5.32 Å². The van der Waals surface area contributed by atoms with Crippen molar-refractivity contribution in [1.29, 1.82) is 0 Å². The van der Waals surface area contributed by atoms with E-state index in [9.17, 15) is 9.18 Å². The number of aryl methyl sites for hydroxylation is 1. The van der Waals surface area contributed by atoms with Crippen molar-refractivity contribution in [2.45, 2.75) is 20.4 Å². The molecule has 0 aliphatic heterocycles. The van der Waals surface area contributed by atoms with Gasteiger partial charge in [-0.3, -0.25) is 4.79 Å². The molecule has 26 heavy (non-hydrogen) atoms. The highest BCUT2D eigenvalue weighted by Crippen LogP contribution is 2.27. The molecule has 0 bridgehead atoms. The molecular formula is C20H26FN2O3+. The summed E-state index contributed by atoms with van der Waals surface area (Å²) in [6, 6.07) is 10.4. The van der Waals surface area contributed by atoms with E-state index in [0.717, 1.165) is 10.5 Å². The largest absolute Gasteiger partial charge is 0.493 e. The van der Waals surface area contributed by atoms with Crippen LogP contribution in [0.3, 0.4) is 0 Å². The smallest absolute Gasteiger partial charge is 0.279 e. The summed E-state index contributed by atoms with van der Waals surface area (Å²) in [6.07, 6.45) is 0. The van der Waals surface area contributed by atoms with E-state index >= 15 is 0 Å². The minimum atomic E-state index is -0.329. The van der Waals surface area contributed by atoms with Gasteiger partial charge in [-0.1, -0.05) is 6.07 Å². The second-order valence-electron chi connectivity index (χ2n) is 6.24. The zero-order chi connectivity index (χ0) is 19.1. The molecule has 0 aliphatic rings. The summed E-state index contributed by atoms with van der Waals surface area (Å²) in [7, 11) is 3.53. The number of methoxy groups -OCH3 is 1. The Balaban J connectivity index is 1.94. The SMILES string of the molecule is CCOc1ccc(C[NH+](C)CC(=O)Nc2ccc(C)c(F)c2)cc1OC. The second kappa shape index (κ2) is 9.20. The van der Waals surface area contributed by atoms with Gasteiger partial charge in [0.1, 0.15) is 12.4 Å². The van der Waals surface area contributed by atoms with E-state index in [1.54, 1.807) is 26.2 Å². The van der Waals surface area contributed by atoms with Crippen molar-refractivity contribution in [3.05, 3.63) is 53.3 Å². The minimum absolute atomic E-state index is 0.163. The summed E-state index contributed by atoms with van der Waals surface area (Å²) in [5.74, 6) is 0.890. The van der Waals surface area contributed by atoms with Crippen LogP contribution in [0.5, 0.6) is 11.5 Å². The maximum atomic E-state index is 13.6. The number of quaternary nitrogens is 1. The van der Waals surface area contributed by atoms with E-state index in [1.807, 2.05) is 32.2 Å². The minimum Gasteiger partial charge on any atom is -0.493 e. The molecule has 1 amide bonds. The number of hydrogen-bond acceptors (Lipinski definition) is 3. The van der Waals surface area contributed by atoms with Crippen LogP contribution in [0.15, 0.2) is 36.4 Å². The van der Waals surface area contributed by atoms with Crippen molar-refractivity contribution < 1.29 is 23.6 Å². The van der Waals surface area contributed by atoms with E-state index in [-0.39, 0.29) is 18.3 Å². The van der Waals surface area contributed by atoms with Gasteiger partial charge in [-0.05, 0) is 49.7 Å². The Bertz CT molecular complexity index is 765. The Kier molecular flexibility index (Phi) is 6.97. The molecule has 140 valence electrons. The van der Waals surface area contributed by atoms with Gasteiger partial charge in [-0.15, -0.1) is 0 Å². The molecule has 0 radical (unpaired) electrons. The van der Waals surface area contributed by atoms with Crippen molar-refractivity contribution >= 4 is 11.6 Å². The third-order valence-corrected chi connectivity index (χ3v) is 3.95. The highest BCUT2D eigenvalue weighted by Gasteiger charge is 2.13. The van der Waals surface area contributed by atoms with E-state index in [0.29, 0.717) is 35.9 Å². The van der Waals surface area contributed by atoms with Gasteiger partial charge in [0.05, 0.1) is 20.8 Å². The van der Waals surface area contributed by atoms with Crippen molar-refractivity contribution in [1.82, 2.24) is 0 Å². The summed E-state index contributed by atoms with van der Waals surface area (Å²) in [4.78, 5) is 13.2. The number of anilines is 1. The van der Waals surface area contributed by atoms with E-state index in [4.69, 9.17) is 9.47 Å². The lowest BCUT2D eigenvalue weighted by Crippen LogP contribution is -3.08. The number of ether oxygens (including phenoxy) is 2. The number of amides is 1. The zero-order valence-corrected chi connectivity index (χ0v) is 15.7. The normalized spacial score (nSPS) is 11.7. The number of rotatable bonds is 8. The maximum absolute atomic E-state index is 13.6. The molecule has 5 nitrogen and oxygen atoms in total. The quantitative estimate of drug-likeness (QED) is 0.758. The van der Waals surface area contributed by atoms with Gasteiger partial charge in [-0.2, -0.15) is 0 Å². The first kappa shape index (κ1) is 19.7. The summed E-state index contributed by atoms with van der Waals surface area (Å²) in [5.41, 5.74) is 2.06. The van der Waals surface area contributed by atoms with E-state index in [1.165, 1.54) is 6.07 Å². The third-order valence-electron chi connectivity index (χ3n) is 3.95. The summed E-state index contributed by atoms with van der Waals surface area (Å²) < 4.78 is 24.4. The fourth-order valence-electron chi connectivity index (χ4n) is 2.66. The summed E-state index contributed by atoms with van der Waals surface area (Å²) in [6.45, 7) is 5.10. The number of nitrogens with one attached hydrogen (secondary N) is 2. The van der Waals surface area contributed by atoms with Crippen molar-refractivity contribution in [3.63, 3.8) is 0 Å². The molecule has 0 heterocycles. The predicted octanol–water partition coefficient (Wildman–Crippen LogP) is 2.19. The number of carbonyl (C=O) groups excluding carboxylic acids is 1. The highest BCUT2D eigenvalue weighted by atomic mass is 19.1. The Morgan fingerprint density at radius 3 is 2.62 bits per heavy atom. The number of hydrogen-bond donors (Lipinski definition) is 2. The van der Waals surface area contributed by atoms with Gasteiger partial charge in [0.15, 0.2) is 18.0 Å².